The average molecular weight is 337 g/mol. The predicted molar refractivity (Wildman–Crippen MR) is 6.92 cm³/mol. The van der Waals surface area contributed by atoms with Gasteiger partial charge in [-0.1, -0.05) is 0 Å². The van der Waals surface area contributed by atoms with Crippen molar-refractivity contribution in [3.63, 3.8) is 0 Å². The van der Waals surface area contributed by atoms with Crippen LogP contribution in [0, 0.1) is 0 Å². The summed E-state index contributed by atoms with van der Waals surface area (Å²) in [6, 6.07) is 0. The minimum absolute atomic E-state index is 0. The Bertz CT molecular complexity index is 8.00. The molecule has 0 aliphatic heterocycles. The molecule has 0 atom stereocenters. The number of hydrogen-bond acceptors (Lipinski definition) is 0. The fourth-order valence-corrected chi connectivity index (χ4v) is 0. The van der Waals surface area contributed by atoms with E-state index in [2.05, 4.69) is 0 Å². The summed E-state index contributed by atoms with van der Waals surface area (Å²) in [5.74, 6) is 0. The van der Waals surface area contributed by atoms with Gasteiger partial charge in [0, 0.05) is 64.8 Å². The third-order valence-corrected chi connectivity index (χ3v) is 0. The minimum atomic E-state index is 0. The zero-order valence-electron chi connectivity index (χ0n) is 1.49. The molecule has 0 aromatic heterocycles. The molecule has 4 heavy (non-hydrogen) atoms. The van der Waals surface area contributed by atoms with Gasteiger partial charge in [0.15, 0.2) is 0 Å². The Morgan fingerprint density at radius 3 is 1.00 bits per heavy atom. The van der Waals surface area contributed by atoms with Crippen molar-refractivity contribution in [2.24, 2.45) is 0 Å². The molecule has 5 radical (unpaired) electrons. The summed E-state index contributed by atoms with van der Waals surface area (Å²) in [5, 5.41) is 0. The van der Waals surface area contributed by atoms with Gasteiger partial charge in [0.25, 0.3) is 0 Å². The van der Waals surface area contributed by atoms with Crippen molar-refractivity contribution in [2.75, 3.05) is 0 Å². The summed E-state index contributed by atoms with van der Waals surface area (Å²) >= 11 is 0. The van der Waals surface area contributed by atoms with E-state index in [1.165, 1.54) is 0 Å². The number of rotatable bonds is 0. The Morgan fingerprint density at radius 2 is 1.00 bits per heavy atom. The van der Waals surface area contributed by atoms with Crippen LogP contribution in [0.15, 0.2) is 0 Å². The zero-order valence-corrected chi connectivity index (χ0v) is 7.30. The molecule has 0 heterocycles. The van der Waals surface area contributed by atoms with Gasteiger partial charge >= 0.3 is 0 Å². The average Bonchev–Trinajstić information content (AvgIpc) is 0. The van der Waals surface area contributed by atoms with E-state index in [9.17, 15) is 0 Å². The minimum Gasteiger partial charge on any atom is 0 e. The van der Waals surface area contributed by atoms with Gasteiger partial charge in [0.05, 0.1) is 0 Å². The van der Waals surface area contributed by atoms with Crippen molar-refractivity contribution in [3.05, 3.63) is 0 Å². The second-order valence-electron chi connectivity index (χ2n) is 0. The second-order valence-corrected chi connectivity index (χ2v) is 0. The predicted octanol–water partition coefficient (Wildman–Crippen LogP) is 0.854. The van der Waals surface area contributed by atoms with Gasteiger partial charge in [-0.3, -0.25) is 0 Å². The Hall–Kier alpha value is 2.14. The molecule has 0 saturated carbocycles. The van der Waals surface area contributed by atoms with Gasteiger partial charge in [-0.05, 0) is 0 Å². The summed E-state index contributed by atoms with van der Waals surface area (Å²) in [7, 11) is 0. The third kappa shape index (κ3) is 8.91. The van der Waals surface area contributed by atoms with E-state index in [4.69, 9.17) is 0 Å². The maximum Gasteiger partial charge on any atom is 0 e. The third-order valence-electron chi connectivity index (χ3n) is 0. The van der Waals surface area contributed by atoms with Gasteiger partial charge in [-0.25, -0.2) is 0 Å². The smallest absolute Gasteiger partial charge is 0 e. The first-order valence-electron chi connectivity index (χ1n) is 0. The van der Waals surface area contributed by atoms with Gasteiger partial charge in [0.1, 0.15) is 0 Å². The molecule has 0 fully saturated rings. The molecule has 0 rings (SSSR count). The molecule has 0 bridgehead atoms. The van der Waals surface area contributed by atoms with Crippen molar-refractivity contribution in [1.82, 2.24) is 0 Å². The molecule has 0 aliphatic carbocycles. The molecule has 0 N–H and O–H groups in total. The summed E-state index contributed by atoms with van der Waals surface area (Å²) in [4.78, 5) is 0. The van der Waals surface area contributed by atoms with Crippen LogP contribution < -0.4 is 0 Å². The van der Waals surface area contributed by atoms with E-state index >= 15 is 0 Å². The zero-order chi connectivity index (χ0) is 0. The molecule has 0 saturated heterocycles. The standard InChI is InChI=1S/Co.Cu.P.W. The molecule has 4 heteroatoms. The maximum absolute atomic E-state index is 0. The van der Waals surface area contributed by atoms with E-state index in [0.29, 0.717) is 0 Å². The first-order valence-corrected chi connectivity index (χ1v) is 0. The van der Waals surface area contributed by atoms with Crippen LogP contribution in [0.25, 0.3) is 0 Å². The largest absolute Gasteiger partial charge is 0 e. The fraction of sp³-hybridized carbons (Fsp3) is 0. The monoisotopic (exact) mass is 337 g/mol. The molecule has 0 spiro atoms. The topological polar surface area (TPSA) is 0 Å². The van der Waals surface area contributed by atoms with E-state index in [1.54, 1.807) is 0 Å². The first kappa shape index (κ1) is 35.4. The summed E-state index contributed by atoms with van der Waals surface area (Å²) in [6.07, 6.45) is 0. The molecule has 0 aliphatic rings. The van der Waals surface area contributed by atoms with Crippen LogP contribution in [0.1, 0.15) is 0 Å². The van der Waals surface area contributed by atoms with Crippen molar-refractivity contribution in [3.8, 4) is 0 Å². The maximum atomic E-state index is 0. The molecule has 0 aromatic rings. The van der Waals surface area contributed by atoms with Crippen LogP contribution in [0.5, 0.6) is 0 Å². The Balaban J connectivity index is 0. The van der Waals surface area contributed by atoms with Gasteiger partial charge < -0.3 is 0 Å². The van der Waals surface area contributed by atoms with Crippen LogP contribution in [0.2, 0.25) is 0 Å². The molecular weight excluding hydrogens is 337 g/mol. The Morgan fingerprint density at radius 1 is 1.00 bits per heavy atom. The van der Waals surface area contributed by atoms with Gasteiger partial charge in [-0.15, -0.1) is 0 Å². The van der Waals surface area contributed by atoms with Crippen LogP contribution >= 0.6 is 9.90 Å². The van der Waals surface area contributed by atoms with Crippen LogP contribution in [0.4, 0.5) is 0 Å². The summed E-state index contributed by atoms with van der Waals surface area (Å²) in [5.41, 5.74) is 0. The molecule has 0 amide bonds. The Kier molecular flexibility index (Phi) is 170. The normalized spacial score (nSPS) is 0. The molecule has 0 unspecified atom stereocenters. The van der Waals surface area contributed by atoms with Crippen LogP contribution in [-0.2, 0) is 54.9 Å². The second kappa shape index (κ2) is 19.2. The molecule has 0 aromatic carbocycles. The quantitative estimate of drug-likeness (QED) is 0.454. The summed E-state index contributed by atoms with van der Waals surface area (Å²) < 4.78 is 0. The first-order chi connectivity index (χ1) is 0. The van der Waals surface area contributed by atoms with Crippen molar-refractivity contribution < 1.29 is 54.9 Å². The van der Waals surface area contributed by atoms with Gasteiger partial charge in [0.2, 0.25) is 0 Å². The number of hydrogen-bond donors (Lipinski definition) is 0. The van der Waals surface area contributed by atoms with E-state index in [0.717, 1.165) is 0 Å². The summed E-state index contributed by atoms with van der Waals surface area (Å²) in [6.45, 7) is 0. The molecule has 0 nitrogen and oxygen atoms in total. The van der Waals surface area contributed by atoms with E-state index in [-0.39, 0.29) is 64.8 Å². The van der Waals surface area contributed by atoms with Crippen LogP contribution in [0.3, 0.4) is 0 Å². The molecular formula is CoCuPW. The van der Waals surface area contributed by atoms with Crippen molar-refractivity contribution in [1.29, 1.82) is 0 Å². The van der Waals surface area contributed by atoms with Gasteiger partial charge in [-0.2, -0.15) is 0 Å². The molecule has 31 valence electrons. The van der Waals surface area contributed by atoms with Crippen molar-refractivity contribution in [2.45, 2.75) is 0 Å². The van der Waals surface area contributed by atoms with Crippen LogP contribution in [-0.4, -0.2) is 0 Å². The van der Waals surface area contributed by atoms with E-state index < -0.39 is 0 Å². The fourth-order valence-electron chi connectivity index (χ4n) is 0. The SMILES string of the molecule is [Co].[Cu].[P].[W]. The Labute approximate surface area is 64.4 Å². The van der Waals surface area contributed by atoms with Crippen molar-refractivity contribution >= 4 is 9.90 Å². The van der Waals surface area contributed by atoms with E-state index in [1.807, 2.05) is 0 Å².